The summed E-state index contributed by atoms with van der Waals surface area (Å²) in [4.78, 5) is 12.7. The van der Waals surface area contributed by atoms with Crippen molar-refractivity contribution >= 4 is 33.2 Å². The molecule has 0 aliphatic rings. The number of nitrogens with one attached hydrogen (secondary N) is 1. The lowest BCUT2D eigenvalue weighted by Crippen LogP contribution is -2.48. The summed E-state index contributed by atoms with van der Waals surface area (Å²) in [6, 6.07) is 8.37. The zero-order chi connectivity index (χ0) is 25.1. The van der Waals surface area contributed by atoms with Gasteiger partial charge in [-0.3, -0.25) is 9.10 Å². The van der Waals surface area contributed by atoms with Crippen LogP contribution in [0, 0.1) is 18.8 Å². The lowest BCUT2D eigenvalue weighted by atomic mass is 9.93. The first kappa shape index (κ1) is 27.0. The first-order chi connectivity index (χ1) is 15.1. The van der Waals surface area contributed by atoms with E-state index in [2.05, 4.69) is 5.32 Å². The average Bonchev–Trinajstić information content (AvgIpc) is 2.69. The second-order valence-corrected chi connectivity index (χ2v) is 10.8. The molecule has 0 radical (unpaired) electrons. The van der Waals surface area contributed by atoms with Crippen LogP contribution in [0.1, 0.15) is 38.8 Å². The van der Waals surface area contributed by atoms with Crippen molar-refractivity contribution in [2.45, 2.75) is 51.7 Å². The zero-order valence-electron chi connectivity index (χ0n) is 19.1. The molecular weight excluding hydrogens is 477 g/mol. The summed E-state index contributed by atoms with van der Waals surface area (Å²) in [5.74, 6) is -0.478. The van der Waals surface area contributed by atoms with Gasteiger partial charge in [0.05, 0.1) is 21.2 Å². The van der Waals surface area contributed by atoms with Crippen LogP contribution in [0.3, 0.4) is 0 Å². The van der Waals surface area contributed by atoms with Crippen molar-refractivity contribution in [3.63, 3.8) is 0 Å². The van der Waals surface area contributed by atoms with Crippen LogP contribution in [0.15, 0.2) is 47.4 Å². The van der Waals surface area contributed by atoms with E-state index in [0.717, 1.165) is 17.7 Å². The summed E-state index contributed by atoms with van der Waals surface area (Å²) < 4.78 is 67.8. The molecule has 0 fully saturated rings. The number of rotatable bonds is 8. The molecule has 0 atom stereocenters. The van der Waals surface area contributed by atoms with Crippen LogP contribution in [-0.4, -0.2) is 26.9 Å². The molecule has 0 aromatic heterocycles. The quantitative estimate of drug-likeness (QED) is 0.504. The van der Waals surface area contributed by atoms with Crippen molar-refractivity contribution in [2.24, 2.45) is 11.8 Å². The summed E-state index contributed by atoms with van der Waals surface area (Å²) in [5.41, 5.74) is -0.692. The minimum absolute atomic E-state index is 0.0727. The van der Waals surface area contributed by atoms with Gasteiger partial charge in [0.2, 0.25) is 5.91 Å². The molecule has 0 spiro atoms. The molecule has 0 unspecified atom stereocenters. The maximum absolute atomic E-state index is 13.4. The summed E-state index contributed by atoms with van der Waals surface area (Å²) in [5, 5.41) is 2.25. The van der Waals surface area contributed by atoms with E-state index in [4.69, 9.17) is 11.6 Å². The predicted octanol–water partition coefficient (Wildman–Crippen LogP) is 5.66. The first-order valence-electron chi connectivity index (χ1n) is 10.4. The topological polar surface area (TPSA) is 66.5 Å². The number of hydrogen-bond acceptors (Lipinski definition) is 3. The average molecular weight is 505 g/mol. The SMILES string of the molecule is Cc1ccc(S(=O)(=O)N(CC(=O)NC(C(C)C)C(C)C)c2ccc(Cl)c(C(F)(F)F)c2)cc1. The van der Waals surface area contributed by atoms with Crippen molar-refractivity contribution in [3.8, 4) is 0 Å². The molecule has 0 heterocycles. The van der Waals surface area contributed by atoms with Gasteiger partial charge in [-0.15, -0.1) is 0 Å². The number of benzene rings is 2. The molecule has 0 aliphatic heterocycles. The summed E-state index contributed by atoms with van der Waals surface area (Å²) in [6.07, 6.45) is -4.80. The van der Waals surface area contributed by atoms with E-state index < -0.39 is 39.2 Å². The van der Waals surface area contributed by atoms with Crippen molar-refractivity contribution in [1.29, 1.82) is 0 Å². The minimum Gasteiger partial charge on any atom is -0.351 e. The molecule has 2 rings (SSSR count). The second kappa shape index (κ2) is 10.3. The van der Waals surface area contributed by atoms with Crippen LogP contribution in [0.4, 0.5) is 18.9 Å². The van der Waals surface area contributed by atoms with Crippen LogP contribution in [0.2, 0.25) is 5.02 Å². The highest BCUT2D eigenvalue weighted by Crippen LogP contribution is 2.38. The summed E-state index contributed by atoms with van der Waals surface area (Å²) in [6.45, 7) is 8.75. The Kier molecular flexibility index (Phi) is 8.46. The van der Waals surface area contributed by atoms with E-state index >= 15 is 0 Å². The zero-order valence-corrected chi connectivity index (χ0v) is 20.6. The van der Waals surface area contributed by atoms with Crippen molar-refractivity contribution in [1.82, 2.24) is 5.32 Å². The molecule has 182 valence electrons. The van der Waals surface area contributed by atoms with Crippen LogP contribution >= 0.6 is 11.6 Å². The van der Waals surface area contributed by atoms with Gasteiger partial charge in [-0.25, -0.2) is 8.42 Å². The van der Waals surface area contributed by atoms with Gasteiger partial charge >= 0.3 is 6.18 Å². The Morgan fingerprint density at radius 1 is 1.03 bits per heavy atom. The van der Waals surface area contributed by atoms with Gasteiger partial charge in [-0.1, -0.05) is 57.0 Å². The van der Waals surface area contributed by atoms with Crippen LogP contribution in [0.25, 0.3) is 0 Å². The first-order valence-corrected chi connectivity index (χ1v) is 12.2. The molecule has 1 amide bonds. The number of halogens is 4. The summed E-state index contributed by atoms with van der Waals surface area (Å²) in [7, 11) is -4.36. The van der Waals surface area contributed by atoms with Gasteiger partial charge in [-0.2, -0.15) is 13.2 Å². The third kappa shape index (κ3) is 6.63. The molecule has 0 aliphatic carbocycles. The number of carbonyl (C=O) groups excluding carboxylic acids is 1. The number of alkyl halides is 3. The number of amides is 1. The number of hydrogen-bond donors (Lipinski definition) is 1. The number of nitrogens with zero attached hydrogens (tertiary/aromatic N) is 1. The monoisotopic (exact) mass is 504 g/mol. The molecule has 5 nitrogen and oxygen atoms in total. The van der Waals surface area contributed by atoms with Gasteiger partial charge in [0.25, 0.3) is 10.0 Å². The molecule has 2 aromatic rings. The van der Waals surface area contributed by atoms with Crippen LogP contribution < -0.4 is 9.62 Å². The molecule has 0 bridgehead atoms. The lowest BCUT2D eigenvalue weighted by molar-refractivity contribution is -0.137. The maximum Gasteiger partial charge on any atom is 0.417 e. The van der Waals surface area contributed by atoms with Crippen LogP contribution in [-0.2, 0) is 21.0 Å². The van der Waals surface area contributed by atoms with Crippen LogP contribution in [0.5, 0.6) is 0 Å². The van der Waals surface area contributed by atoms with Gasteiger partial charge in [0, 0.05) is 6.04 Å². The van der Waals surface area contributed by atoms with E-state index in [0.29, 0.717) is 10.4 Å². The third-order valence-electron chi connectivity index (χ3n) is 5.20. The highest BCUT2D eigenvalue weighted by molar-refractivity contribution is 7.92. The largest absolute Gasteiger partial charge is 0.417 e. The third-order valence-corrected chi connectivity index (χ3v) is 7.32. The number of carbonyl (C=O) groups is 1. The minimum atomic E-state index is -4.80. The summed E-state index contributed by atoms with van der Waals surface area (Å²) >= 11 is 5.71. The molecule has 1 N–H and O–H groups in total. The molecule has 2 aromatic carbocycles. The van der Waals surface area contributed by atoms with Gasteiger partial charge in [0.1, 0.15) is 6.54 Å². The molecule has 0 saturated heterocycles. The van der Waals surface area contributed by atoms with Gasteiger partial charge in [-0.05, 0) is 49.1 Å². The van der Waals surface area contributed by atoms with E-state index in [9.17, 15) is 26.4 Å². The van der Waals surface area contributed by atoms with E-state index in [-0.39, 0.29) is 28.5 Å². The van der Waals surface area contributed by atoms with Crippen molar-refractivity contribution in [3.05, 3.63) is 58.6 Å². The van der Waals surface area contributed by atoms with Gasteiger partial charge < -0.3 is 5.32 Å². The van der Waals surface area contributed by atoms with E-state index in [1.165, 1.54) is 12.1 Å². The molecule has 10 heteroatoms. The molecular formula is C23H28ClF3N2O3S. The number of anilines is 1. The lowest BCUT2D eigenvalue weighted by Gasteiger charge is -2.29. The Balaban J connectivity index is 2.56. The normalized spacial score (nSPS) is 12.5. The predicted molar refractivity (Wildman–Crippen MR) is 124 cm³/mol. The molecule has 0 saturated carbocycles. The fraction of sp³-hybridized carbons (Fsp3) is 0.435. The number of sulfonamides is 1. The second-order valence-electron chi connectivity index (χ2n) is 8.57. The Morgan fingerprint density at radius 2 is 1.58 bits per heavy atom. The standard InChI is InChI=1S/C23H28ClF3N2O3S/c1-14(2)22(15(3)4)28-21(30)13-29(33(31,32)18-9-6-16(5)7-10-18)17-8-11-20(24)19(12-17)23(25,26)27/h6-12,14-15,22H,13H2,1-5H3,(H,28,30). The Hall–Kier alpha value is -2.26. The van der Waals surface area contributed by atoms with E-state index in [1.807, 2.05) is 27.7 Å². The van der Waals surface area contributed by atoms with Crippen molar-refractivity contribution < 1.29 is 26.4 Å². The smallest absolute Gasteiger partial charge is 0.351 e. The fourth-order valence-electron chi connectivity index (χ4n) is 3.50. The maximum atomic E-state index is 13.4. The Labute approximate surface area is 198 Å². The highest BCUT2D eigenvalue weighted by atomic mass is 35.5. The fourth-order valence-corrected chi connectivity index (χ4v) is 5.14. The number of aryl methyl sites for hydroxylation is 1. The molecule has 33 heavy (non-hydrogen) atoms. The highest BCUT2D eigenvalue weighted by Gasteiger charge is 2.36. The van der Waals surface area contributed by atoms with Crippen molar-refractivity contribution in [2.75, 3.05) is 10.8 Å². The van der Waals surface area contributed by atoms with Gasteiger partial charge in [0.15, 0.2) is 0 Å². The van der Waals surface area contributed by atoms with E-state index in [1.54, 1.807) is 19.1 Å². The Bertz CT molecular complexity index is 1080. The Morgan fingerprint density at radius 3 is 2.06 bits per heavy atom.